The number of aromatic nitrogens is 1. The molecule has 0 saturated heterocycles. The SMILES string of the molecule is CCO[C@@H]1C/C1=N/C(=O)c1cc(C(=O)NC)c(=O)n(Cc2ccc(F)cc2)c1. The summed E-state index contributed by atoms with van der Waals surface area (Å²) in [7, 11) is 1.40. The first-order valence-electron chi connectivity index (χ1n) is 8.87. The summed E-state index contributed by atoms with van der Waals surface area (Å²) in [6.07, 6.45) is 1.82. The minimum atomic E-state index is -0.598. The van der Waals surface area contributed by atoms with Crippen molar-refractivity contribution >= 4 is 17.5 Å². The van der Waals surface area contributed by atoms with Crippen LogP contribution < -0.4 is 10.9 Å². The lowest BCUT2D eigenvalue weighted by atomic mass is 10.1. The van der Waals surface area contributed by atoms with Gasteiger partial charge in [-0.15, -0.1) is 0 Å². The highest BCUT2D eigenvalue weighted by atomic mass is 19.1. The minimum Gasteiger partial charge on any atom is -0.372 e. The van der Waals surface area contributed by atoms with Crippen LogP contribution in [0.3, 0.4) is 0 Å². The Labute approximate surface area is 160 Å². The first kappa shape index (κ1) is 19.6. The molecule has 1 aliphatic rings. The van der Waals surface area contributed by atoms with Crippen LogP contribution in [0.5, 0.6) is 0 Å². The number of carbonyl (C=O) groups is 2. The number of nitrogens with one attached hydrogen (secondary N) is 1. The zero-order valence-corrected chi connectivity index (χ0v) is 15.6. The molecule has 2 aromatic rings. The second kappa shape index (κ2) is 8.26. The number of amides is 2. The lowest BCUT2D eigenvalue weighted by Gasteiger charge is -2.10. The summed E-state index contributed by atoms with van der Waals surface area (Å²) < 4.78 is 19.7. The topological polar surface area (TPSA) is 89.8 Å². The van der Waals surface area contributed by atoms with Gasteiger partial charge in [-0.2, -0.15) is 0 Å². The fourth-order valence-corrected chi connectivity index (χ4v) is 2.75. The van der Waals surface area contributed by atoms with E-state index in [2.05, 4.69) is 10.3 Å². The molecular weight excluding hydrogens is 365 g/mol. The van der Waals surface area contributed by atoms with E-state index in [9.17, 15) is 18.8 Å². The van der Waals surface area contributed by atoms with Crippen LogP contribution in [0.4, 0.5) is 4.39 Å². The van der Waals surface area contributed by atoms with Crippen LogP contribution in [-0.2, 0) is 11.3 Å². The summed E-state index contributed by atoms with van der Waals surface area (Å²) in [5.41, 5.74) is 0.708. The summed E-state index contributed by atoms with van der Waals surface area (Å²) in [6, 6.07) is 6.87. The lowest BCUT2D eigenvalue weighted by Crippen LogP contribution is -2.32. The number of rotatable bonds is 6. The van der Waals surface area contributed by atoms with Crippen molar-refractivity contribution in [1.29, 1.82) is 0 Å². The highest BCUT2D eigenvalue weighted by molar-refractivity contribution is 6.13. The summed E-state index contributed by atoms with van der Waals surface area (Å²) in [5.74, 6) is -1.54. The van der Waals surface area contributed by atoms with Crippen LogP contribution in [-0.4, -0.2) is 41.9 Å². The van der Waals surface area contributed by atoms with Crippen molar-refractivity contribution < 1.29 is 18.7 Å². The predicted octanol–water partition coefficient (Wildman–Crippen LogP) is 1.79. The highest BCUT2D eigenvalue weighted by Crippen LogP contribution is 2.22. The standard InChI is InChI=1S/C20H20FN3O4/c1-3-28-17-9-16(17)23-18(25)13-8-15(19(26)22-2)20(27)24(11-13)10-12-4-6-14(21)7-5-12/h4-8,11,17H,3,9-10H2,1-2H3,(H,22,26)/b23-16-/t17-/m1/s1. The van der Waals surface area contributed by atoms with Crippen molar-refractivity contribution in [3.63, 3.8) is 0 Å². The number of ether oxygens (including phenoxy) is 1. The van der Waals surface area contributed by atoms with E-state index < -0.39 is 23.2 Å². The number of halogens is 1. The molecule has 146 valence electrons. The molecule has 0 aliphatic heterocycles. The highest BCUT2D eigenvalue weighted by Gasteiger charge is 2.33. The quantitative estimate of drug-likeness (QED) is 0.821. The molecule has 8 heteroatoms. The molecule has 0 bridgehead atoms. The Morgan fingerprint density at radius 1 is 1.32 bits per heavy atom. The number of carbonyl (C=O) groups excluding carboxylic acids is 2. The molecule has 1 saturated carbocycles. The van der Waals surface area contributed by atoms with Crippen molar-refractivity contribution in [3.05, 3.63) is 69.4 Å². The number of benzene rings is 1. The Hall–Kier alpha value is -3.13. The molecule has 2 amide bonds. The number of nitrogens with zero attached hydrogens (tertiary/aromatic N) is 2. The maximum Gasteiger partial charge on any atom is 0.278 e. The summed E-state index contributed by atoms with van der Waals surface area (Å²) in [4.78, 5) is 41.3. The maximum absolute atomic E-state index is 13.1. The third-order valence-electron chi connectivity index (χ3n) is 4.29. The Kier molecular flexibility index (Phi) is 5.79. The van der Waals surface area contributed by atoms with Crippen molar-refractivity contribution in [2.75, 3.05) is 13.7 Å². The Bertz CT molecular complexity index is 996. The van der Waals surface area contributed by atoms with Crippen molar-refractivity contribution in [2.45, 2.75) is 26.0 Å². The average molecular weight is 385 g/mol. The summed E-state index contributed by atoms with van der Waals surface area (Å²) in [6.45, 7) is 2.47. The number of aliphatic imine (C=N–C) groups is 1. The molecule has 0 spiro atoms. The van der Waals surface area contributed by atoms with E-state index >= 15 is 0 Å². The average Bonchev–Trinajstić information content (AvgIpc) is 3.42. The summed E-state index contributed by atoms with van der Waals surface area (Å²) >= 11 is 0. The van der Waals surface area contributed by atoms with Gasteiger partial charge in [0, 0.05) is 26.3 Å². The van der Waals surface area contributed by atoms with E-state index in [1.165, 1.54) is 48.1 Å². The molecule has 0 unspecified atom stereocenters. The van der Waals surface area contributed by atoms with Gasteiger partial charge in [-0.3, -0.25) is 14.4 Å². The van der Waals surface area contributed by atoms with Gasteiger partial charge in [0.25, 0.3) is 17.4 Å². The molecule has 1 fully saturated rings. The second-order valence-electron chi connectivity index (χ2n) is 6.34. The largest absolute Gasteiger partial charge is 0.372 e. The van der Waals surface area contributed by atoms with Gasteiger partial charge in [-0.25, -0.2) is 9.38 Å². The van der Waals surface area contributed by atoms with Crippen molar-refractivity contribution in [3.8, 4) is 0 Å². The van der Waals surface area contributed by atoms with Crippen molar-refractivity contribution in [1.82, 2.24) is 9.88 Å². The molecule has 28 heavy (non-hydrogen) atoms. The molecule has 1 heterocycles. The molecule has 1 aliphatic carbocycles. The summed E-state index contributed by atoms with van der Waals surface area (Å²) in [5, 5.41) is 2.39. The van der Waals surface area contributed by atoms with Gasteiger partial charge in [0.2, 0.25) is 0 Å². The van der Waals surface area contributed by atoms with Crippen LogP contribution in [0.2, 0.25) is 0 Å². The van der Waals surface area contributed by atoms with E-state index in [-0.39, 0.29) is 23.8 Å². The monoisotopic (exact) mass is 385 g/mol. The molecule has 1 aromatic carbocycles. The van der Waals surface area contributed by atoms with Crippen LogP contribution in [0.1, 0.15) is 39.6 Å². The Morgan fingerprint density at radius 3 is 2.68 bits per heavy atom. The van der Waals surface area contributed by atoms with E-state index in [0.29, 0.717) is 24.3 Å². The molecule has 0 radical (unpaired) electrons. The van der Waals surface area contributed by atoms with Crippen LogP contribution in [0.15, 0.2) is 46.3 Å². The van der Waals surface area contributed by atoms with Gasteiger partial charge in [-0.1, -0.05) is 12.1 Å². The van der Waals surface area contributed by atoms with Gasteiger partial charge in [-0.05, 0) is 30.7 Å². The normalized spacial score (nSPS) is 16.8. The van der Waals surface area contributed by atoms with Crippen LogP contribution in [0, 0.1) is 5.82 Å². The molecule has 1 aromatic heterocycles. The maximum atomic E-state index is 13.1. The Balaban J connectivity index is 1.96. The van der Waals surface area contributed by atoms with E-state index in [1.807, 2.05) is 6.92 Å². The second-order valence-corrected chi connectivity index (χ2v) is 6.34. The van der Waals surface area contributed by atoms with Gasteiger partial charge in [0.15, 0.2) is 0 Å². The fraction of sp³-hybridized carbons (Fsp3) is 0.300. The minimum absolute atomic E-state index is 0.0857. The van der Waals surface area contributed by atoms with Gasteiger partial charge in [0.1, 0.15) is 17.5 Å². The number of pyridine rings is 1. The van der Waals surface area contributed by atoms with E-state index in [1.54, 1.807) is 0 Å². The molecule has 3 rings (SSSR count). The third kappa shape index (κ3) is 4.40. The smallest absolute Gasteiger partial charge is 0.278 e. The first-order valence-corrected chi connectivity index (χ1v) is 8.87. The van der Waals surface area contributed by atoms with Gasteiger partial charge in [0.05, 0.1) is 17.8 Å². The molecule has 1 N–H and O–H groups in total. The Morgan fingerprint density at radius 2 is 2.04 bits per heavy atom. The van der Waals surface area contributed by atoms with Crippen molar-refractivity contribution in [2.24, 2.45) is 4.99 Å². The van der Waals surface area contributed by atoms with Crippen LogP contribution >= 0.6 is 0 Å². The molecular formula is C20H20FN3O4. The number of hydrogen-bond donors (Lipinski definition) is 1. The first-order chi connectivity index (χ1) is 13.4. The van der Waals surface area contributed by atoms with Crippen LogP contribution in [0.25, 0.3) is 0 Å². The van der Waals surface area contributed by atoms with Gasteiger partial charge >= 0.3 is 0 Å². The lowest BCUT2D eigenvalue weighted by molar-refractivity contribution is 0.0961. The molecule has 7 nitrogen and oxygen atoms in total. The number of hydrogen-bond acceptors (Lipinski definition) is 4. The predicted molar refractivity (Wildman–Crippen MR) is 101 cm³/mol. The van der Waals surface area contributed by atoms with E-state index in [4.69, 9.17) is 4.74 Å². The molecule has 1 atom stereocenters. The zero-order chi connectivity index (χ0) is 20.3. The van der Waals surface area contributed by atoms with E-state index in [0.717, 1.165) is 0 Å². The van der Waals surface area contributed by atoms with Gasteiger partial charge < -0.3 is 14.6 Å². The zero-order valence-electron chi connectivity index (χ0n) is 15.6. The third-order valence-corrected chi connectivity index (χ3v) is 4.29. The fourth-order valence-electron chi connectivity index (χ4n) is 2.75.